The molecule has 0 unspecified atom stereocenters. The van der Waals surface area contributed by atoms with Crippen molar-refractivity contribution >= 4 is 5.97 Å². The lowest BCUT2D eigenvalue weighted by atomic mass is 9.33. The fraction of sp³-hybridized carbons (Fsp3) is 0.938. The van der Waals surface area contributed by atoms with Crippen molar-refractivity contribution in [2.45, 2.75) is 204 Å². The van der Waals surface area contributed by atoms with Crippen LogP contribution in [-0.4, -0.2) is 203 Å². The maximum Gasteiger partial charge on any atom is 0.315 e. The molecule has 68 heavy (non-hydrogen) atoms. The molecule has 0 aromatic rings. The van der Waals surface area contributed by atoms with Gasteiger partial charge in [0.25, 0.3) is 0 Å². The molecule has 4 saturated carbocycles. The number of hydrogen-bond donors (Lipinski definition) is 13. The summed E-state index contributed by atoms with van der Waals surface area (Å²) in [5.41, 5.74) is -2.13. The molecule has 20 nitrogen and oxygen atoms in total. The highest BCUT2D eigenvalue weighted by atomic mass is 16.8. The first-order chi connectivity index (χ1) is 31.8. The summed E-state index contributed by atoms with van der Waals surface area (Å²) in [6.45, 7) is 10.3. The molecule has 13 N–H and O–H groups in total. The highest BCUT2D eigenvalue weighted by Gasteiger charge is 2.71. The Balaban J connectivity index is 1.10. The van der Waals surface area contributed by atoms with Crippen molar-refractivity contribution in [3.63, 3.8) is 0 Å². The number of aliphatic hydroxyl groups is 13. The Morgan fingerprint density at radius 3 is 1.74 bits per heavy atom. The number of esters is 1. The number of rotatable bonds is 10. The first kappa shape index (κ1) is 52.8. The summed E-state index contributed by atoms with van der Waals surface area (Å²) < 4.78 is 35.7. The quantitative estimate of drug-likeness (QED) is 0.0839. The average Bonchev–Trinajstić information content (AvgIpc) is 3.29. The Kier molecular flexibility index (Phi) is 14.6. The van der Waals surface area contributed by atoms with Crippen molar-refractivity contribution in [1.29, 1.82) is 0 Å². The molecular weight excluding hydrogens is 897 g/mol. The van der Waals surface area contributed by atoms with Gasteiger partial charge in [0.2, 0.25) is 6.29 Å². The van der Waals surface area contributed by atoms with Crippen LogP contribution >= 0.6 is 0 Å². The monoisotopic (exact) mass is 975 g/mol. The molecule has 5 aliphatic carbocycles. The third kappa shape index (κ3) is 8.07. The number of allylic oxidation sites excluding steroid dienone is 2. The van der Waals surface area contributed by atoms with Crippen LogP contribution in [0, 0.1) is 50.2 Å². The van der Waals surface area contributed by atoms with E-state index in [2.05, 4.69) is 40.7 Å². The summed E-state index contributed by atoms with van der Waals surface area (Å²) in [5, 5.41) is 140. The van der Waals surface area contributed by atoms with E-state index in [0.29, 0.717) is 44.9 Å². The molecule has 7 fully saturated rings. The topological polar surface area (TPSA) is 335 Å². The highest BCUT2D eigenvalue weighted by Crippen LogP contribution is 2.76. The molecule has 390 valence electrons. The largest absolute Gasteiger partial charge is 0.432 e. The Hall–Kier alpha value is -1.51. The zero-order chi connectivity index (χ0) is 49.8. The number of carbonyl (C=O) groups is 1. The molecule has 0 bridgehead atoms. The third-order valence-electron chi connectivity index (χ3n) is 19.4. The van der Waals surface area contributed by atoms with Crippen LogP contribution in [0.5, 0.6) is 0 Å². The second-order valence-electron chi connectivity index (χ2n) is 23.5. The van der Waals surface area contributed by atoms with Crippen LogP contribution in [0.3, 0.4) is 0 Å². The fourth-order valence-electron chi connectivity index (χ4n) is 15.1. The van der Waals surface area contributed by atoms with Gasteiger partial charge in [0, 0.05) is 5.41 Å². The van der Waals surface area contributed by atoms with E-state index in [9.17, 15) is 66.4 Å². The molecule has 0 amide bonds. The van der Waals surface area contributed by atoms with Gasteiger partial charge in [0.05, 0.1) is 44.1 Å². The molecule has 3 heterocycles. The Labute approximate surface area is 396 Å². The zero-order valence-electron chi connectivity index (χ0n) is 40.0. The van der Waals surface area contributed by atoms with E-state index < -0.39 is 152 Å². The summed E-state index contributed by atoms with van der Waals surface area (Å²) in [6, 6.07) is 0. The van der Waals surface area contributed by atoms with Crippen LogP contribution in [0.1, 0.15) is 99.3 Å². The lowest BCUT2D eigenvalue weighted by molar-refractivity contribution is -0.391. The van der Waals surface area contributed by atoms with Gasteiger partial charge in [-0.25, -0.2) is 0 Å². The molecule has 20 heteroatoms. The van der Waals surface area contributed by atoms with E-state index in [1.54, 1.807) is 0 Å². The van der Waals surface area contributed by atoms with Gasteiger partial charge in [-0.1, -0.05) is 53.2 Å². The fourth-order valence-corrected chi connectivity index (χ4v) is 15.1. The number of fused-ring (bicyclic) bond motifs is 7. The first-order valence-corrected chi connectivity index (χ1v) is 24.6. The van der Waals surface area contributed by atoms with Crippen LogP contribution in [0.4, 0.5) is 0 Å². The summed E-state index contributed by atoms with van der Waals surface area (Å²) in [6.07, 6.45) is -21.4. The molecule has 0 aromatic heterocycles. The molecule has 3 aliphatic heterocycles. The summed E-state index contributed by atoms with van der Waals surface area (Å²) in [5.74, 6) is -0.924. The highest BCUT2D eigenvalue weighted by molar-refractivity contribution is 5.79. The third-order valence-corrected chi connectivity index (χ3v) is 19.4. The molecular formula is C48H78O20. The predicted octanol–water partition coefficient (Wildman–Crippen LogP) is -1.92. The second kappa shape index (κ2) is 18.8. The van der Waals surface area contributed by atoms with Gasteiger partial charge in [0.1, 0.15) is 67.1 Å². The van der Waals surface area contributed by atoms with E-state index in [0.717, 1.165) is 18.4 Å². The van der Waals surface area contributed by atoms with Crippen molar-refractivity contribution in [1.82, 2.24) is 0 Å². The predicted molar refractivity (Wildman–Crippen MR) is 233 cm³/mol. The van der Waals surface area contributed by atoms with Gasteiger partial charge in [-0.3, -0.25) is 4.79 Å². The van der Waals surface area contributed by atoms with E-state index in [4.69, 9.17) is 28.4 Å². The van der Waals surface area contributed by atoms with E-state index in [1.807, 2.05) is 6.92 Å². The summed E-state index contributed by atoms with van der Waals surface area (Å²) in [7, 11) is 0. The van der Waals surface area contributed by atoms with Crippen LogP contribution in [0.2, 0.25) is 0 Å². The van der Waals surface area contributed by atoms with E-state index in [1.165, 1.54) is 0 Å². The lowest BCUT2D eigenvalue weighted by Gasteiger charge is -2.71. The minimum Gasteiger partial charge on any atom is -0.432 e. The SMILES string of the molecule is CC1(C)CC[C@@]2(C(=O)O[C@@H]3O[C@H](CO)[C@H](O)[C@@H](O)[C@H]3O[C@@H]3O[C@H](CO)[C@H](O)[C@H](O)[C@H]3O[C@H]3O[C@H](CO)[C@H](O)[C@H](O)[C@H]3O)CC[C@@]3(C)C(=CC[C@H]4[C@@]5(C)C[C@H](O)[C@@H](O)[C@](C)(CO)[C@H]5CC[C@]43C)[C@H]2C1. The van der Waals surface area contributed by atoms with Crippen molar-refractivity contribution in [3.8, 4) is 0 Å². The van der Waals surface area contributed by atoms with Crippen molar-refractivity contribution in [2.75, 3.05) is 26.4 Å². The van der Waals surface area contributed by atoms with Crippen LogP contribution in [0.15, 0.2) is 11.6 Å². The summed E-state index contributed by atoms with van der Waals surface area (Å²) in [4.78, 5) is 15.3. The van der Waals surface area contributed by atoms with Crippen molar-refractivity contribution in [3.05, 3.63) is 11.6 Å². The maximum atomic E-state index is 15.3. The molecule has 0 aromatic carbocycles. The van der Waals surface area contributed by atoms with Gasteiger partial charge in [0.15, 0.2) is 18.7 Å². The van der Waals surface area contributed by atoms with Gasteiger partial charge >= 0.3 is 5.97 Å². The number of aliphatic hydroxyl groups excluding tert-OH is 13. The van der Waals surface area contributed by atoms with Crippen molar-refractivity contribution in [2.24, 2.45) is 50.2 Å². The lowest BCUT2D eigenvalue weighted by Crippen LogP contribution is -2.68. The van der Waals surface area contributed by atoms with Crippen molar-refractivity contribution < 1.29 is 99.6 Å². The number of hydrogen-bond acceptors (Lipinski definition) is 20. The molecule has 0 radical (unpaired) electrons. The standard InChI is InChI=1S/C48H78O20/c1-43(2)11-13-48(14-12-46(5)21(22(48)15-43)7-8-28-44(3)16-23(53)38(61)45(4,20-52)27(44)9-10-47(28,46)6)42(62)68-41-37(34(59)31(56)26(19-51)65-41)67-40-36(33(58)30(55)25(18-50)64-40)66-39-35(60)32(57)29(54)24(17-49)63-39/h7,22-41,49-61H,8-20H2,1-6H3/t22-,23+,24-,25-,26-,27+,28+,29+,30+,31+,32+,33+,34-,35-,36-,37-,38-,39-,40+,41+,44+,45-,46+,47-,48-/m1/s1. The van der Waals surface area contributed by atoms with Gasteiger partial charge < -0.3 is 94.8 Å². The average molecular weight is 975 g/mol. The zero-order valence-corrected chi connectivity index (χ0v) is 40.0. The van der Waals surface area contributed by atoms with Gasteiger partial charge in [-0.05, 0) is 97.2 Å². The smallest absolute Gasteiger partial charge is 0.315 e. The van der Waals surface area contributed by atoms with Crippen LogP contribution in [0.25, 0.3) is 0 Å². The molecule has 8 aliphatic rings. The van der Waals surface area contributed by atoms with Gasteiger partial charge in [-0.15, -0.1) is 0 Å². The molecule has 3 saturated heterocycles. The van der Waals surface area contributed by atoms with E-state index in [-0.39, 0.29) is 35.2 Å². The summed E-state index contributed by atoms with van der Waals surface area (Å²) >= 11 is 0. The second-order valence-corrected chi connectivity index (χ2v) is 23.5. The Morgan fingerprint density at radius 2 is 1.15 bits per heavy atom. The number of ether oxygens (including phenoxy) is 6. The normalized spacial score (nSPS) is 54.6. The molecule has 8 rings (SSSR count). The number of carbonyl (C=O) groups excluding carboxylic acids is 1. The minimum absolute atomic E-state index is 0.0417. The maximum absolute atomic E-state index is 15.3. The Morgan fingerprint density at radius 1 is 0.618 bits per heavy atom. The first-order valence-electron chi connectivity index (χ1n) is 24.6. The molecule has 0 spiro atoms. The Bertz CT molecular complexity index is 1850. The van der Waals surface area contributed by atoms with Crippen LogP contribution in [-0.2, 0) is 33.2 Å². The van der Waals surface area contributed by atoms with Gasteiger partial charge in [-0.2, -0.15) is 0 Å². The minimum atomic E-state index is -1.98. The molecule has 25 atom stereocenters. The van der Waals surface area contributed by atoms with E-state index >= 15 is 4.79 Å². The van der Waals surface area contributed by atoms with Crippen LogP contribution < -0.4 is 0 Å².